The van der Waals surface area contributed by atoms with E-state index in [0.717, 1.165) is 49.5 Å². The van der Waals surface area contributed by atoms with Gasteiger partial charge in [-0.15, -0.1) is 0 Å². The van der Waals surface area contributed by atoms with Crippen LogP contribution in [0.15, 0.2) is 114 Å². The Balaban J connectivity index is 1.40. The maximum absolute atomic E-state index is 14.4. The first kappa shape index (κ1) is 28.9. The van der Waals surface area contributed by atoms with Crippen LogP contribution in [0.1, 0.15) is 46.6 Å². The summed E-state index contributed by atoms with van der Waals surface area (Å²) in [7, 11) is 0. The van der Waals surface area contributed by atoms with Crippen LogP contribution in [0.25, 0.3) is 16.5 Å². The molecular formula is C37H35N5O2. The Morgan fingerprint density at radius 1 is 0.795 bits per heavy atom. The number of fused-ring (bicyclic) bond motifs is 1. The number of para-hydroxylation sites is 1. The largest absolute Gasteiger partial charge is 0.369 e. The zero-order chi connectivity index (χ0) is 30.5. The lowest BCUT2D eigenvalue weighted by Gasteiger charge is -2.37. The average molecular weight is 582 g/mol. The third-order valence-electron chi connectivity index (χ3n) is 8.45. The number of carbonyl (C=O) groups is 1. The molecule has 0 unspecified atom stereocenters. The number of nitrogens with zero attached hydrogens (tertiary/aromatic N) is 4. The minimum absolute atomic E-state index is 0.135. The number of carbonyl (C=O) groups excluding carboxylic acids is 1. The molecule has 1 aliphatic rings. The van der Waals surface area contributed by atoms with E-state index in [-0.39, 0.29) is 17.5 Å². The van der Waals surface area contributed by atoms with Crippen molar-refractivity contribution in [2.45, 2.75) is 25.9 Å². The van der Waals surface area contributed by atoms with Gasteiger partial charge in [-0.2, -0.15) is 5.26 Å². The minimum Gasteiger partial charge on any atom is -0.369 e. The number of hydrogen-bond acceptors (Lipinski definition) is 5. The number of amides is 1. The Labute approximate surface area is 257 Å². The zero-order valence-corrected chi connectivity index (χ0v) is 24.8. The van der Waals surface area contributed by atoms with E-state index in [9.17, 15) is 9.59 Å². The van der Waals surface area contributed by atoms with Crippen molar-refractivity contribution in [1.29, 1.82) is 5.26 Å². The summed E-state index contributed by atoms with van der Waals surface area (Å²) in [6.45, 7) is 5.62. The molecule has 0 bridgehead atoms. The molecule has 1 aromatic heterocycles. The van der Waals surface area contributed by atoms with Crippen LogP contribution < -0.4 is 15.8 Å². The quantitative estimate of drug-likeness (QED) is 0.241. The van der Waals surface area contributed by atoms with E-state index in [4.69, 9.17) is 5.26 Å². The summed E-state index contributed by atoms with van der Waals surface area (Å²) < 4.78 is 1.73. The van der Waals surface area contributed by atoms with E-state index < -0.39 is 0 Å². The molecule has 5 aromatic rings. The first-order chi connectivity index (χ1) is 21.6. The molecule has 1 aliphatic heterocycles. The van der Waals surface area contributed by atoms with Crippen LogP contribution in [-0.2, 0) is 6.54 Å². The number of hydrogen-bond donors (Lipinski definition) is 1. The van der Waals surface area contributed by atoms with Crippen molar-refractivity contribution >= 4 is 22.4 Å². The lowest BCUT2D eigenvalue weighted by atomic mass is 9.99. The third-order valence-corrected chi connectivity index (χ3v) is 8.45. The van der Waals surface area contributed by atoms with Gasteiger partial charge in [-0.3, -0.25) is 19.1 Å². The van der Waals surface area contributed by atoms with Gasteiger partial charge in [-0.05, 0) is 54.4 Å². The number of aromatic nitrogens is 1. The monoisotopic (exact) mass is 581 g/mol. The van der Waals surface area contributed by atoms with Gasteiger partial charge >= 0.3 is 0 Å². The molecule has 7 heteroatoms. The van der Waals surface area contributed by atoms with Gasteiger partial charge in [-0.1, -0.05) is 73.7 Å². The lowest BCUT2D eigenvalue weighted by molar-refractivity contribution is 0.0934. The van der Waals surface area contributed by atoms with Crippen LogP contribution in [0.2, 0.25) is 0 Å². The Kier molecular flexibility index (Phi) is 8.53. The highest BCUT2D eigenvalue weighted by Crippen LogP contribution is 2.27. The summed E-state index contributed by atoms with van der Waals surface area (Å²) in [5.74, 6) is -0.187. The van der Waals surface area contributed by atoms with E-state index in [1.165, 1.54) is 0 Å². The van der Waals surface area contributed by atoms with Crippen molar-refractivity contribution < 1.29 is 4.79 Å². The van der Waals surface area contributed by atoms with Gasteiger partial charge < -0.3 is 10.2 Å². The molecule has 0 radical (unpaired) electrons. The van der Waals surface area contributed by atoms with Gasteiger partial charge in [0.05, 0.1) is 28.9 Å². The van der Waals surface area contributed by atoms with E-state index in [2.05, 4.69) is 28.1 Å². The van der Waals surface area contributed by atoms with Crippen LogP contribution in [-0.4, -0.2) is 41.6 Å². The number of rotatable bonds is 8. The topological polar surface area (TPSA) is 81.4 Å². The van der Waals surface area contributed by atoms with E-state index in [1.54, 1.807) is 4.57 Å². The minimum atomic E-state index is -0.187. The number of benzene rings is 4. The predicted octanol–water partition coefficient (Wildman–Crippen LogP) is 6.07. The molecule has 1 amide bonds. The zero-order valence-electron chi connectivity index (χ0n) is 24.8. The van der Waals surface area contributed by atoms with Gasteiger partial charge in [-0.25, -0.2) is 0 Å². The molecule has 6 rings (SSSR count). The number of nitrogens with one attached hydrogen (secondary N) is 1. The predicted molar refractivity (Wildman–Crippen MR) is 175 cm³/mol. The lowest BCUT2D eigenvalue weighted by Crippen LogP contribution is -2.47. The smallest absolute Gasteiger partial charge is 0.263 e. The van der Waals surface area contributed by atoms with E-state index >= 15 is 0 Å². The molecule has 1 N–H and O–H groups in total. The van der Waals surface area contributed by atoms with Gasteiger partial charge in [0.1, 0.15) is 0 Å². The number of pyridine rings is 1. The number of piperazine rings is 1. The number of nitriles is 1. The standard InChI is InChI=1S/C37H35N5O2/c1-2-33(28-11-5-3-6-12-28)39-36(43)35-31-15-9-10-16-32(31)37(44)42(30-13-7-4-8-14-30)34(35)26-40-21-23-41(24-22-40)29-19-17-27(25-38)18-20-29/h3-20,33H,2,21-24,26H2,1H3,(H,39,43)/t33-/m0/s1. The van der Waals surface area contributed by atoms with Crippen molar-refractivity contribution in [3.63, 3.8) is 0 Å². The highest BCUT2D eigenvalue weighted by atomic mass is 16.2. The maximum atomic E-state index is 14.4. The molecule has 4 aromatic carbocycles. The molecule has 2 heterocycles. The normalized spacial score (nSPS) is 14.2. The summed E-state index contributed by atoms with van der Waals surface area (Å²) in [6.07, 6.45) is 0.735. The second-order valence-corrected chi connectivity index (χ2v) is 11.1. The van der Waals surface area contributed by atoms with Crippen molar-refractivity contribution in [3.05, 3.63) is 142 Å². The van der Waals surface area contributed by atoms with Gasteiger partial charge in [0.15, 0.2) is 0 Å². The van der Waals surface area contributed by atoms with Crippen molar-refractivity contribution in [3.8, 4) is 11.8 Å². The summed E-state index contributed by atoms with van der Waals surface area (Å²) >= 11 is 0. The van der Waals surface area contributed by atoms with Crippen molar-refractivity contribution in [2.24, 2.45) is 0 Å². The molecule has 1 fully saturated rings. The molecular weight excluding hydrogens is 546 g/mol. The molecule has 0 saturated carbocycles. The van der Waals surface area contributed by atoms with Gasteiger partial charge in [0, 0.05) is 54.9 Å². The molecule has 0 spiro atoms. The first-order valence-electron chi connectivity index (χ1n) is 15.1. The van der Waals surface area contributed by atoms with Crippen LogP contribution in [0.5, 0.6) is 0 Å². The summed E-state index contributed by atoms with van der Waals surface area (Å²) in [4.78, 5) is 33.1. The summed E-state index contributed by atoms with van der Waals surface area (Å²) in [6, 6.07) is 36.7. The van der Waals surface area contributed by atoms with Gasteiger partial charge in [0.2, 0.25) is 0 Å². The Morgan fingerprint density at radius 3 is 2.05 bits per heavy atom. The Bertz CT molecular complexity index is 1850. The molecule has 220 valence electrons. The second-order valence-electron chi connectivity index (χ2n) is 11.1. The summed E-state index contributed by atoms with van der Waals surface area (Å²) in [5, 5.41) is 13.6. The van der Waals surface area contributed by atoms with Gasteiger partial charge in [0.25, 0.3) is 11.5 Å². The third kappa shape index (κ3) is 5.85. The molecule has 0 aliphatic carbocycles. The Hall–Kier alpha value is -5.19. The molecule has 44 heavy (non-hydrogen) atoms. The van der Waals surface area contributed by atoms with Crippen molar-refractivity contribution in [1.82, 2.24) is 14.8 Å². The Morgan fingerprint density at radius 2 is 1.41 bits per heavy atom. The summed E-state index contributed by atoms with van der Waals surface area (Å²) in [5.41, 5.74) is 4.60. The maximum Gasteiger partial charge on any atom is 0.263 e. The SMILES string of the molecule is CC[C@H](NC(=O)c1c(CN2CCN(c3ccc(C#N)cc3)CC2)n(-c2ccccc2)c(=O)c2ccccc12)c1ccccc1. The average Bonchev–Trinajstić information content (AvgIpc) is 3.08. The molecule has 1 saturated heterocycles. The highest BCUT2D eigenvalue weighted by molar-refractivity contribution is 6.08. The van der Waals surface area contributed by atoms with Crippen LogP contribution in [0, 0.1) is 11.3 Å². The fourth-order valence-corrected chi connectivity index (χ4v) is 6.11. The van der Waals surface area contributed by atoms with Crippen LogP contribution in [0.3, 0.4) is 0 Å². The van der Waals surface area contributed by atoms with Crippen molar-refractivity contribution in [2.75, 3.05) is 31.1 Å². The molecule has 1 atom stereocenters. The van der Waals surface area contributed by atoms with Crippen LogP contribution in [0.4, 0.5) is 5.69 Å². The van der Waals surface area contributed by atoms with E-state index in [1.807, 2.05) is 109 Å². The first-order valence-corrected chi connectivity index (χ1v) is 15.1. The second kappa shape index (κ2) is 13.0. The molecule has 7 nitrogen and oxygen atoms in total. The van der Waals surface area contributed by atoms with E-state index in [0.29, 0.717) is 34.1 Å². The number of anilines is 1. The van der Waals surface area contributed by atoms with Crippen LogP contribution >= 0.6 is 0 Å². The fourth-order valence-electron chi connectivity index (χ4n) is 6.11. The highest BCUT2D eigenvalue weighted by Gasteiger charge is 2.27. The fraction of sp³-hybridized carbons (Fsp3) is 0.216.